The summed E-state index contributed by atoms with van der Waals surface area (Å²) in [6.45, 7) is 1.28. The number of rotatable bonds is 4. The highest BCUT2D eigenvalue weighted by molar-refractivity contribution is 5.95. The van der Waals surface area contributed by atoms with Crippen LogP contribution in [0.5, 0.6) is 17.2 Å². The second-order valence-electron chi connectivity index (χ2n) is 7.11. The predicted molar refractivity (Wildman–Crippen MR) is 101 cm³/mol. The number of hydrogen-bond acceptors (Lipinski definition) is 6. The zero-order valence-electron chi connectivity index (χ0n) is 15.5. The van der Waals surface area contributed by atoms with Gasteiger partial charge in [-0.25, -0.2) is 4.79 Å². The molecule has 1 heterocycles. The SMILES string of the molecule is Cc1ccc(C(=O)OCC(=O)Nc2ccc3c(c2)OC2(CCCC2)O3)cc1O. The minimum absolute atomic E-state index is 0.000652. The fraction of sp³-hybridized carbons (Fsp3) is 0.333. The van der Waals surface area contributed by atoms with Crippen molar-refractivity contribution in [1.82, 2.24) is 0 Å². The number of ether oxygens (including phenoxy) is 3. The monoisotopic (exact) mass is 383 g/mol. The summed E-state index contributed by atoms with van der Waals surface area (Å²) in [7, 11) is 0. The summed E-state index contributed by atoms with van der Waals surface area (Å²) in [5, 5.41) is 12.3. The van der Waals surface area contributed by atoms with Gasteiger partial charge < -0.3 is 24.6 Å². The average molecular weight is 383 g/mol. The van der Waals surface area contributed by atoms with Crippen LogP contribution in [0.15, 0.2) is 36.4 Å². The number of aromatic hydroxyl groups is 1. The smallest absolute Gasteiger partial charge is 0.338 e. The van der Waals surface area contributed by atoms with Gasteiger partial charge in [-0.15, -0.1) is 0 Å². The maximum absolute atomic E-state index is 12.1. The number of nitrogens with one attached hydrogen (secondary N) is 1. The molecule has 0 radical (unpaired) electrons. The molecule has 146 valence electrons. The highest BCUT2D eigenvalue weighted by Crippen LogP contribution is 2.47. The molecule has 0 bridgehead atoms. The number of phenols is 1. The lowest BCUT2D eigenvalue weighted by atomic mass is 10.1. The number of fused-ring (bicyclic) bond motifs is 1. The highest BCUT2D eigenvalue weighted by Gasteiger charge is 2.44. The van der Waals surface area contributed by atoms with E-state index in [0.717, 1.165) is 25.7 Å². The number of amides is 1. The van der Waals surface area contributed by atoms with Gasteiger partial charge in [0.15, 0.2) is 18.1 Å². The Morgan fingerprint density at radius 2 is 1.86 bits per heavy atom. The molecule has 28 heavy (non-hydrogen) atoms. The minimum atomic E-state index is -0.681. The van der Waals surface area contributed by atoms with Gasteiger partial charge in [0.2, 0.25) is 0 Å². The van der Waals surface area contributed by atoms with E-state index in [2.05, 4.69) is 5.32 Å². The van der Waals surface area contributed by atoms with E-state index in [9.17, 15) is 14.7 Å². The maximum Gasteiger partial charge on any atom is 0.338 e. The third-order valence-corrected chi connectivity index (χ3v) is 4.96. The molecule has 2 N–H and O–H groups in total. The van der Waals surface area contributed by atoms with Crippen molar-refractivity contribution in [2.24, 2.45) is 0 Å². The van der Waals surface area contributed by atoms with E-state index in [1.807, 2.05) is 0 Å². The summed E-state index contributed by atoms with van der Waals surface area (Å²) in [4.78, 5) is 24.1. The van der Waals surface area contributed by atoms with Gasteiger partial charge in [0, 0.05) is 24.6 Å². The molecule has 2 aromatic rings. The Kier molecular flexibility index (Phi) is 4.58. The molecular weight excluding hydrogens is 362 g/mol. The maximum atomic E-state index is 12.1. The van der Waals surface area contributed by atoms with Crippen LogP contribution in [0, 0.1) is 6.92 Å². The molecule has 1 aliphatic heterocycles. The fourth-order valence-electron chi connectivity index (χ4n) is 3.44. The van der Waals surface area contributed by atoms with Gasteiger partial charge in [0.25, 0.3) is 11.7 Å². The van der Waals surface area contributed by atoms with E-state index >= 15 is 0 Å². The molecule has 1 saturated carbocycles. The Hall–Kier alpha value is -3.22. The molecule has 0 aromatic heterocycles. The van der Waals surface area contributed by atoms with Gasteiger partial charge in [-0.1, -0.05) is 6.07 Å². The van der Waals surface area contributed by atoms with Crippen molar-refractivity contribution < 1.29 is 28.9 Å². The Labute approximate surface area is 162 Å². The zero-order valence-corrected chi connectivity index (χ0v) is 15.5. The second-order valence-corrected chi connectivity index (χ2v) is 7.11. The lowest BCUT2D eigenvalue weighted by Gasteiger charge is -2.21. The number of anilines is 1. The van der Waals surface area contributed by atoms with E-state index in [1.165, 1.54) is 12.1 Å². The first-order chi connectivity index (χ1) is 13.4. The average Bonchev–Trinajstić information content (AvgIpc) is 3.27. The summed E-state index contributed by atoms with van der Waals surface area (Å²) >= 11 is 0. The number of aryl methyl sites for hydroxylation is 1. The van der Waals surface area contributed by atoms with Crippen LogP contribution in [0.1, 0.15) is 41.6 Å². The first-order valence-electron chi connectivity index (χ1n) is 9.23. The molecule has 7 heteroatoms. The summed E-state index contributed by atoms with van der Waals surface area (Å²) in [5.74, 6) is -0.435. The second kappa shape index (κ2) is 7.07. The highest BCUT2D eigenvalue weighted by atomic mass is 16.7. The van der Waals surface area contributed by atoms with Crippen molar-refractivity contribution in [3.05, 3.63) is 47.5 Å². The van der Waals surface area contributed by atoms with Crippen molar-refractivity contribution in [3.8, 4) is 17.2 Å². The van der Waals surface area contributed by atoms with Gasteiger partial charge in [-0.2, -0.15) is 0 Å². The summed E-state index contributed by atoms with van der Waals surface area (Å²) in [6.07, 6.45) is 3.85. The molecular formula is C21H21NO6. The number of hydrogen-bond donors (Lipinski definition) is 2. The Balaban J connectivity index is 1.33. The molecule has 0 saturated heterocycles. The number of benzene rings is 2. The molecule has 4 rings (SSSR count). The number of phenolic OH excluding ortho intramolecular Hbond substituents is 1. The molecule has 2 aromatic carbocycles. The minimum Gasteiger partial charge on any atom is -0.508 e. The first kappa shape index (κ1) is 18.2. The molecule has 1 aliphatic carbocycles. The van der Waals surface area contributed by atoms with Crippen LogP contribution in [-0.4, -0.2) is 29.4 Å². The number of esters is 1. The van der Waals surface area contributed by atoms with E-state index < -0.39 is 24.3 Å². The normalized spacial score (nSPS) is 16.2. The van der Waals surface area contributed by atoms with Crippen LogP contribution < -0.4 is 14.8 Å². The van der Waals surface area contributed by atoms with E-state index in [-0.39, 0.29) is 11.3 Å². The van der Waals surface area contributed by atoms with Crippen LogP contribution in [0.25, 0.3) is 0 Å². The number of carbonyl (C=O) groups excluding carboxylic acids is 2. The summed E-state index contributed by atoms with van der Waals surface area (Å²) in [6, 6.07) is 9.64. The zero-order chi connectivity index (χ0) is 19.7. The van der Waals surface area contributed by atoms with Crippen molar-refractivity contribution >= 4 is 17.6 Å². The van der Waals surface area contributed by atoms with Crippen LogP contribution >= 0.6 is 0 Å². The van der Waals surface area contributed by atoms with Crippen LogP contribution in [-0.2, 0) is 9.53 Å². The van der Waals surface area contributed by atoms with Crippen molar-refractivity contribution in [2.75, 3.05) is 11.9 Å². The Morgan fingerprint density at radius 3 is 2.61 bits per heavy atom. The van der Waals surface area contributed by atoms with Crippen LogP contribution in [0.4, 0.5) is 5.69 Å². The van der Waals surface area contributed by atoms with Gasteiger partial charge in [-0.05, 0) is 49.6 Å². The fourth-order valence-corrected chi connectivity index (χ4v) is 3.44. The van der Waals surface area contributed by atoms with Gasteiger partial charge in [-0.3, -0.25) is 4.79 Å². The van der Waals surface area contributed by atoms with E-state index in [1.54, 1.807) is 31.2 Å². The molecule has 1 spiro atoms. The van der Waals surface area contributed by atoms with E-state index in [0.29, 0.717) is 22.7 Å². The number of carbonyl (C=O) groups is 2. The van der Waals surface area contributed by atoms with Crippen molar-refractivity contribution in [1.29, 1.82) is 0 Å². The quantitative estimate of drug-likeness (QED) is 0.785. The molecule has 0 atom stereocenters. The van der Waals surface area contributed by atoms with E-state index in [4.69, 9.17) is 14.2 Å². The van der Waals surface area contributed by atoms with Gasteiger partial charge in [0.05, 0.1) is 5.56 Å². The molecule has 1 fully saturated rings. The molecule has 7 nitrogen and oxygen atoms in total. The predicted octanol–water partition coefficient (Wildman–Crippen LogP) is 3.54. The summed E-state index contributed by atoms with van der Waals surface area (Å²) in [5.41, 5.74) is 1.36. The molecule has 1 amide bonds. The topological polar surface area (TPSA) is 94.1 Å². The van der Waals surface area contributed by atoms with Crippen LogP contribution in [0.2, 0.25) is 0 Å². The lowest BCUT2D eigenvalue weighted by molar-refractivity contribution is -0.119. The van der Waals surface area contributed by atoms with Gasteiger partial charge in [0.1, 0.15) is 5.75 Å². The van der Waals surface area contributed by atoms with Crippen molar-refractivity contribution in [2.45, 2.75) is 38.4 Å². The Morgan fingerprint density at radius 1 is 1.11 bits per heavy atom. The van der Waals surface area contributed by atoms with Crippen molar-refractivity contribution in [3.63, 3.8) is 0 Å². The summed E-state index contributed by atoms with van der Waals surface area (Å²) < 4.78 is 16.9. The first-order valence-corrected chi connectivity index (χ1v) is 9.23. The standard InChI is InChI=1S/C21H21NO6/c1-13-4-5-14(10-16(13)23)20(25)26-12-19(24)22-15-6-7-17-18(11-15)28-21(27-17)8-2-3-9-21/h4-7,10-11,23H,2-3,8-9,12H2,1H3,(H,22,24). The van der Waals surface area contributed by atoms with Crippen LogP contribution in [0.3, 0.4) is 0 Å². The lowest BCUT2D eigenvalue weighted by Crippen LogP contribution is -2.34. The third kappa shape index (κ3) is 3.60. The Bertz CT molecular complexity index is 932. The largest absolute Gasteiger partial charge is 0.508 e. The third-order valence-electron chi connectivity index (χ3n) is 4.96. The molecule has 0 unspecified atom stereocenters. The molecule has 2 aliphatic rings. The van der Waals surface area contributed by atoms with Gasteiger partial charge >= 0.3 is 5.97 Å².